The average Bonchev–Trinajstić information content (AvgIpc) is 2.73. The molecule has 1 unspecified atom stereocenters. The first kappa shape index (κ1) is 22.0. The lowest BCUT2D eigenvalue weighted by Crippen LogP contribution is -2.22. The molecule has 8 heteroatoms. The number of thioether (sulfide) groups is 1. The molecule has 3 aromatic carbocycles. The maximum Gasteiger partial charge on any atom is 0.323 e. The predicted octanol–water partition coefficient (Wildman–Crippen LogP) is 6.76. The first-order chi connectivity index (χ1) is 14.4. The molecule has 0 radical (unpaired) electrons. The van der Waals surface area contributed by atoms with Crippen LogP contribution in [0.15, 0.2) is 77.7 Å². The summed E-state index contributed by atoms with van der Waals surface area (Å²) in [6.45, 7) is 1.82. The number of amides is 3. The molecule has 30 heavy (non-hydrogen) atoms. The van der Waals surface area contributed by atoms with Crippen molar-refractivity contribution in [3.8, 4) is 0 Å². The van der Waals surface area contributed by atoms with E-state index in [0.29, 0.717) is 27.1 Å². The lowest BCUT2D eigenvalue weighted by molar-refractivity contribution is -0.115. The van der Waals surface area contributed by atoms with Gasteiger partial charge in [-0.1, -0.05) is 41.4 Å². The van der Waals surface area contributed by atoms with E-state index in [0.717, 1.165) is 4.90 Å². The van der Waals surface area contributed by atoms with Crippen molar-refractivity contribution < 1.29 is 9.59 Å². The van der Waals surface area contributed by atoms with Crippen LogP contribution in [0.3, 0.4) is 0 Å². The van der Waals surface area contributed by atoms with Crippen LogP contribution in [0.5, 0.6) is 0 Å². The summed E-state index contributed by atoms with van der Waals surface area (Å²) in [7, 11) is 0. The third kappa shape index (κ3) is 6.42. The standard InChI is InChI=1S/C22H19Cl2N3O2S/c1-14(21(28)25-17-9-12-19(23)20(24)13-17)30-18-10-7-16(8-11-18)27-22(29)26-15-5-3-2-4-6-15/h2-14H,1H3,(H,25,28)(H2,26,27,29). The van der Waals surface area contributed by atoms with E-state index in [1.54, 1.807) is 30.3 Å². The zero-order chi connectivity index (χ0) is 21.5. The van der Waals surface area contributed by atoms with Crippen LogP contribution in [0.2, 0.25) is 10.0 Å². The number of anilines is 3. The van der Waals surface area contributed by atoms with Crippen LogP contribution < -0.4 is 16.0 Å². The quantitative estimate of drug-likeness (QED) is 0.356. The highest BCUT2D eigenvalue weighted by Gasteiger charge is 2.15. The van der Waals surface area contributed by atoms with E-state index in [4.69, 9.17) is 23.2 Å². The molecular formula is C22H19Cl2N3O2S. The fourth-order valence-electron chi connectivity index (χ4n) is 2.51. The molecule has 0 saturated carbocycles. The highest BCUT2D eigenvalue weighted by Crippen LogP contribution is 2.28. The van der Waals surface area contributed by atoms with Crippen LogP contribution in [0.1, 0.15) is 6.92 Å². The Kier molecular flexibility index (Phi) is 7.63. The van der Waals surface area contributed by atoms with Gasteiger partial charge in [0.1, 0.15) is 0 Å². The minimum atomic E-state index is -0.334. The van der Waals surface area contributed by atoms with Crippen molar-refractivity contribution in [1.29, 1.82) is 0 Å². The predicted molar refractivity (Wildman–Crippen MR) is 126 cm³/mol. The Morgan fingerprint density at radius 3 is 2.00 bits per heavy atom. The Morgan fingerprint density at radius 1 is 0.767 bits per heavy atom. The molecular weight excluding hydrogens is 441 g/mol. The van der Waals surface area contributed by atoms with E-state index in [1.165, 1.54) is 11.8 Å². The number of hydrogen-bond acceptors (Lipinski definition) is 3. The molecule has 3 N–H and O–H groups in total. The summed E-state index contributed by atoms with van der Waals surface area (Å²) < 4.78 is 0. The number of nitrogens with one attached hydrogen (secondary N) is 3. The second-order valence-electron chi connectivity index (χ2n) is 6.35. The zero-order valence-corrected chi connectivity index (χ0v) is 18.3. The highest BCUT2D eigenvalue weighted by molar-refractivity contribution is 8.00. The molecule has 3 rings (SSSR count). The van der Waals surface area contributed by atoms with Crippen LogP contribution in [-0.2, 0) is 4.79 Å². The molecule has 3 amide bonds. The first-order valence-electron chi connectivity index (χ1n) is 9.06. The second-order valence-corrected chi connectivity index (χ2v) is 8.58. The molecule has 1 atom stereocenters. The minimum absolute atomic E-state index is 0.150. The molecule has 0 aliphatic heterocycles. The highest BCUT2D eigenvalue weighted by atomic mass is 35.5. The van der Waals surface area contributed by atoms with Gasteiger partial charge >= 0.3 is 6.03 Å². The van der Waals surface area contributed by atoms with Gasteiger partial charge in [-0.15, -0.1) is 11.8 Å². The van der Waals surface area contributed by atoms with Gasteiger partial charge < -0.3 is 16.0 Å². The van der Waals surface area contributed by atoms with Gasteiger partial charge in [0.25, 0.3) is 0 Å². The molecule has 0 fully saturated rings. The van der Waals surface area contributed by atoms with Crippen LogP contribution in [0, 0.1) is 0 Å². The van der Waals surface area contributed by atoms with E-state index >= 15 is 0 Å². The van der Waals surface area contributed by atoms with Gasteiger partial charge in [-0.05, 0) is 61.5 Å². The maximum absolute atomic E-state index is 12.4. The Labute approximate surface area is 189 Å². The monoisotopic (exact) mass is 459 g/mol. The Hall–Kier alpha value is -2.67. The first-order valence-corrected chi connectivity index (χ1v) is 10.7. The topological polar surface area (TPSA) is 70.2 Å². The van der Waals surface area contributed by atoms with E-state index in [9.17, 15) is 9.59 Å². The number of para-hydroxylation sites is 1. The van der Waals surface area contributed by atoms with Crippen molar-refractivity contribution in [3.63, 3.8) is 0 Å². The van der Waals surface area contributed by atoms with Gasteiger partial charge in [0.15, 0.2) is 0 Å². The summed E-state index contributed by atoms with van der Waals surface area (Å²) in [5.74, 6) is -0.150. The fraction of sp³-hybridized carbons (Fsp3) is 0.0909. The molecule has 5 nitrogen and oxygen atoms in total. The Morgan fingerprint density at radius 2 is 1.37 bits per heavy atom. The SMILES string of the molecule is CC(Sc1ccc(NC(=O)Nc2ccccc2)cc1)C(=O)Nc1ccc(Cl)c(Cl)c1. The molecule has 0 spiro atoms. The largest absolute Gasteiger partial charge is 0.325 e. The van der Waals surface area contributed by atoms with E-state index < -0.39 is 0 Å². The van der Waals surface area contributed by atoms with E-state index in [1.807, 2.05) is 49.4 Å². The molecule has 0 aromatic heterocycles. The summed E-state index contributed by atoms with van der Waals surface area (Å²) in [5, 5.41) is 8.84. The van der Waals surface area contributed by atoms with Gasteiger partial charge in [-0.2, -0.15) is 0 Å². The van der Waals surface area contributed by atoms with Gasteiger partial charge in [0.05, 0.1) is 15.3 Å². The van der Waals surface area contributed by atoms with E-state index in [-0.39, 0.29) is 17.2 Å². The number of rotatable bonds is 6. The summed E-state index contributed by atoms with van der Waals surface area (Å²) in [5.41, 5.74) is 1.95. The summed E-state index contributed by atoms with van der Waals surface area (Å²) in [6, 6.07) is 21.1. The Balaban J connectivity index is 1.52. The molecule has 0 aliphatic rings. The molecule has 154 valence electrons. The third-order valence-corrected chi connectivity index (χ3v) is 5.86. The van der Waals surface area contributed by atoms with Gasteiger partial charge in [-0.3, -0.25) is 4.79 Å². The van der Waals surface area contributed by atoms with Crippen LogP contribution in [0.4, 0.5) is 21.9 Å². The van der Waals surface area contributed by atoms with Crippen molar-refractivity contribution in [3.05, 3.63) is 82.8 Å². The molecule has 0 saturated heterocycles. The number of halogens is 2. The summed E-state index contributed by atoms with van der Waals surface area (Å²) in [6.07, 6.45) is 0. The fourth-order valence-corrected chi connectivity index (χ4v) is 3.67. The van der Waals surface area contributed by atoms with E-state index in [2.05, 4.69) is 16.0 Å². The third-order valence-electron chi connectivity index (χ3n) is 4.01. The smallest absolute Gasteiger partial charge is 0.323 e. The van der Waals surface area contributed by atoms with Crippen LogP contribution in [0.25, 0.3) is 0 Å². The second kappa shape index (κ2) is 10.4. The number of urea groups is 1. The average molecular weight is 460 g/mol. The zero-order valence-electron chi connectivity index (χ0n) is 16.0. The van der Waals surface area contributed by atoms with Crippen molar-refractivity contribution in [1.82, 2.24) is 0 Å². The van der Waals surface area contributed by atoms with Crippen molar-refractivity contribution >= 4 is 64.0 Å². The van der Waals surface area contributed by atoms with Crippen LogP contribution >= 0.6 is 35.0 Å². The molecule has 0 bridgehead atoms. The van der Waals surface area contributed by atoms with Gasteiger partial charge in [-0.25, -0.2) is 4.79 Å². The van der Waals surface area contributed by atoms with Gasteiger partial charge in [0.2, 0.25) is 5.91 Å². The van der Waals surface area contributed by atoms with Crippen molar-refractivity contribution in [2.24, 2.45) is 0 Å². The normalized spacial score (nSPS) is 11.4. The maximum atomic E-state index is 12.4. The number of benzene rings is 3. The summed E-state index contributed by atoms with van der Waals surface area (Å²) in [4.78, 5) is 25.4. The summed E-state index contributed by atoms with van der Waals surface area (Å²) >= 11 is 13.3. The molecule has 3 aromatic rings. The number of hydrogen-bond donors (Lipinski definition) is 3. The van der Waals surface area contributed by atoms with Crippen molar-refractivity contribution in [2.75, 3.05) is 16.0 Å². The van der Waals surface area contributed by atoms with Crippen LogP contribution in [-0.4, -0.2) is 17.2 Å². The molecule has 0 heterocycles. The lowest BCUT2D eigenvalue weighted by Gasteiger charge is -2.13. The van der Waals surface area contributed by atoms with Crippen molar-refractivity contribution in [2.45, 2.75) is 17.1 Å². The number of carbonyl (C=O) groups excluding carboxylic acids is 2. The number of carbonyl (C=O) groups is 2. The lowest BCUT2D eigenvalue weighted by atomic mass is 10.3. The minimum Gasteiger partial charge on any atom is -0.325 e. The van der Waals surface area contributed by atoms with Gasteiger partial charge in [0, 0.05) is 22.0 Å². The Bertz CT molecular complexity index is 1030. The molecule has 0 aliphatic carbocycles.